The minimum Gasteiger partial charge on any atom is -0.444 e. The molecule has 1 fully saturated rings. The van der Waals surface area contributed by atoms with Gasteiger partial charge >= 0.3 is 6.09 Å². The maximum atomic E-state index is 12.8. The molecule has 29 heavy (non-hydrogen) atoms. The van der Waals surface area contributed by atoms with Crippen molar-refractivity contribution in [2.75, 3.05) is 6.54 Å². The lowest BCUT2D eigenvalue weighted by Gasteiger charge is -2.27. The summed E-state index contributed by atoms with van der Waals surface area (Å²) in [6.07, 6.45) is -1.36. The van der Waals surface area contributed by atoms with E-state index in [0.717, 1.165) is 10.0 Å². The topological polar surface area (TPSA) is 108 Å². The Morgan fingerprint density at radius 3 is 2.48 bits per heavy atom. The Balaban J connectivity index is 1.96. The van der Waals surface area contributed by atoms with E-state index in [1.807, 2.05) is 24.3 Å². The Morgan fingerprint density at radius 2 is 1.90 bits per heavy atom. The standard InChI is InChI=1S/C20H28BrN3O5/c1-12(23-19(28)29-20(2,3)4)18(27)24-11-15(25)9-16(24)17(26)22-10-13-5-7-14(21)8-6-13/h5-8,12,15-16,25H,9-11H2,1-4H3,(H,22,26)(H,23,28)/t12-,15-,16+/m1/s1. The van der Waals surface area contributed by atoms with E-state index in [9.17, 15) is 19.5 Å². The molecule has 9 heteroatoms. The van der Waals surface area contributed by atoms with Crippen LogP contribution >= 0.6 is 15.9 Å². The number of aliphatic hydroxyl groups excluding tert-OH is 1. The first-order valence-electron chi connectivity index (χ1n) is 9.46. The quantitative estimate of drug-likeness (QED) is 0.610. The summed E-state index contributed by atoms with van der Waals surface area (Å²) in [5.41, 5.74) is 0.226. The monoisotopic (exact) mass is 469 g/mol. The third-order valence-corrected chi connectivity index (χ3v) is 4.88. The summed E-state index contributed by atoms with van der Waals surface area (Å²) in [7, 11) is 0. The third kappa shape index (κ3) is 7.01. The number of β-amino-alcohol motifs (C(OH)–C–C–N with tert-alkyl or cyclic N) is 1. The van der Waals surface area contributed by atoms with Gasteiger partial charge in [0.15, 0.2) is 0 Å². The number of ether oxygens (including phenoxy) is 1. The molecule has 3 amide bonds. The molecular formula is C20H28BrN3O5. The van der Waals surface area contributed by atoms with E-state index in [2.05, 4.69) is 26.6 Å². The van der Waals surface area contributed by atoms with Crippen molar-refractivity contribution in [1.82, 2.24) is 15.5 Å². The van der Waals surface area contributed by atoms with Crippen LogP contribution in [0, 0.1) is 0 Å². The summed E-state index contributed by atoms with van der Waals surface area (Å²) in [4.78, 5) is 38.6. The summed E-state index contributed by atoms with van der Waals surface area (Å²) in [5, 5.41) is 15.3. The van der Waals surface area contributed by atoms with Crippen molar-refractivity contribution in [3.05, 3.63) is 34.3 Å². The van der Waals surface area contributed by atoms with Gasteiger partial charge in [0.25, 0.3) is 0 Å². The van der Waals surface area contributed by atoms with E-state index in [0.29, 0.717) is 6.54 Å². The van der Waals surface area contributed by atoms with Gasteiger partial charge in [0, 0.05) is 24.0 Å². The molecule has 160 valence electrons. The zero-order valence-corrected chi connectivity index (χ0v) is 18.7. The zero-order valence-electron chi connectivity index (χ0n) is 17.1. The van der Waals surface area contributed by atoms with Gasteiger partial charge in [0.1, 0.15) is 17.7 Å². The highest BCUT2D eigenvalue weighted by molar-refractivity contribution is 9.10. The predicted molar refractivity (Wildman–Crippen MR) is 111 cm³/mol. The number of hydrogen-bond acceptors (Lipinski definition) is 5. The van der Waals surface area contributed by atoms with Gasteiger partial charge in [-0.25, -0.2) is 4.79 Å². The van der Waals surface area contributed by atoms with Crippen LogP contribution in [0.2, 0.25) is 0 Å². The molecule has 0 radical (unpaired) electrons. The average molecular weight is 470 g/mol. The second-order valence-electron chi connectivity index (χ2n) is 8.11. The molecule has 8 nitrogen and oxygen atoms in total. The van der Waals surface area contributed by atoms with E-state index >= 15 is 0 Å². The molecule has 0 bridgehead atoms. The molecule has 0 aliphatic carbocycles. The second-order valence-corrected chi connectivity index (χ2v) is 9.02. The maximum Gasteiger partial charge on any atom is 0.408 e. The summed E-state index contributed by atoms with van der Waals surface area (Å²) in [6, 6.07) is 5.82. The highest BCUT2D eigenvalue weighted by Crippen LogP contribution is 2.20. The SMILES string of the molecule is C[C@@H](NC(=O)OC(C)(C)C)C(=O)N1C[C@H](O)C[C@H]1C(=O)NCc1ccc(Br)cc1. The maximum absolute atomic E-state index is 12.8. The molecular weight excluding hydrogens is 442 g/mol. The van der Waals surface area contributed by atoms with Crippen molar-refractivity contribution in [2.24, 2.45) is 0 Å². The number of amides is 3. The van der Waals surface area contributed by atoms with E-state index in [4.69, 9.17) is 4.74 Å². The van der Waals surface area contributed by atoms with Crippen LogP contribution < -0.4 is 10.6 Å². The molecule has 0 spiro atoms. The van der Waals surface area contributed by atoms with Crippen molar-refractivity contribution in [3.8, 4) is 0 Å². The van der Waals surface area contributed by atoms with Crippen LogP contribution in [0.15, 0.2) is 28.7 Å². The lowest BCUT2D eigenvalue weighted by molar-refractivity contribution is -0.139. The average Bonchev–Trinajstić information content (AvgIpc) is 3.00. The van der Waals surface area contributed by atoms with Gasteiger partial charge in [-0.2, -0.15) is 0 Å². The molecule has 1 aromatic rings. The Morgan fingerprint density at radius 1 is 1.28 bits per heavy atom. The highest BCUT2D eigenvalue weighted by atomic mass is 79.9. The minimum atomic E-state index is -0.892. The largest absolute Gasteiger partial charge is 0.444 e. The summed E-state index contributed by atoms with van der Waals surface area (Å²) in [5.74, 6) is -0.793. The lowest BCUT2D eigenvalue weighted by atomic mass is 10.1. The molecule has 1 heterocycles. The number of benzene rings is 1. The van der Waals surface area contributed by atoms with Crippen molar-refractivity contribution >= 4 is 33.8 Å². The van der Waals surface area contributed by atoms with Gasteiger partial charge in [-0.3, -0.25) is 9.59 Å². The van der Waals surface area contributed by atoms with Crippen LogP contribution in [-0.4, -0.2) is 58.2 Å². The molecule has 1 aliphatic rings. The lowest BCUT2D eigenvalue weighted by Crippen LogP contribution is -2.53. The normalized spacial score (nSPS) is 20.1. The van der Waals surface area contributed by atoms with E-state index in [1.165, 1.54) is 11.8 Å². The van der Waals surface area contributed by atoms with Crippen molar-refractivity contribution in [1.29, 1.82) is 0 Å². The Labute approximate surface area is 179 Å². The molecule has 1 aromatic carbocycles. The van der Waals surface area contributed by atoms with Crippen molar-refractivity contribution < 1.29 is 24.2 Å². The molecule has 3 N–H and O–H groups in total. The first-order chi connectivity index (χ1) is 13.5. The number of nitrogens with zero attached hydrogens (tertiary/aromatic N) is 1. The molecule has 0 aromatic heterocycles. The van der Waals surface area contributed by atoms with E-state index < -0.39 is 35.8 Å². The van der Waals surface area contributed by atoms with Gasteiger partial charge in [-0.1, -0.05) is 28.1 Å². The Kier molecular flexibility index (Phi) is 7.65. The van der Waals surface area contributed by atoms with E-state index in [1.54, 1.807) is 20.8 Å². The second kappa shape index (κ2) is 9.58. The molecule has 0 unspecified atom stereocenters. The number of rotatable bonds is 5. The third-order valence-electron chi connectivity index (χ3n) is 4.35. The number of hydrogen-bond donors (Lipinski definition) is 3. The molecule has 1 aliphatic heterocycles. The van der Waals surface area contributed by atoms with Crippen LogP contribution in [0.25, 0.3) is 0 Å². The fourth-order valence-electron chi connectivity index (χ4n) is 3.01. The molecule has 1 saturated heterocycles. The van der Waals surface area contributed by atoms with Gasteiger partial charge < -0.3 is 25.4 Å². The van der Waals surface area contributed by atoms with Crippen LogP contribution in [-0.2, 0) is 20.9 Å². The van der Waals surface area contributed by atoms with Gasteiger partial charge in [-0.15, -0.1) is 0 Å². The fourth-order valence-corrected chi connectivity index (χ4v) is 3.27. The first-order valence-corrected chi connectivity index (χ1v) is 10.3. The van der Waals surface area contributed by atoms with Crippen LogP contribution in [0.5, 0.6) is 0 Å². The fraction of sp³-hybridized carbons (Fsp3) is 0.550. The molecule has 0 saturated carbocycles. The smallest absolute Gasteiger partial charge is 0.408 e. The molecule has 2 rings (SSSR count). The summed E-state index contributed by atoms with van der Waals surface area (Å²) in [6.45, 7) is 7.04. The first kappa shape index (κ1) is 23.2. The predicted octanol–water partition coefficient (Wildman–Crippen LogP) is 1.94. The zero-order chi connectivity index (χ0) is 21.8. The van der Waals surface area contributed by atoms with Gasteiger partial charge in [-0.05, 0) is 45.4 Å². The Hall–Kier alpha value is -2.13. The number of aliphatic hydroxyl groups is 1. The molecule has 3 atom stereocenters. The van der Waals surface area contributed by atoms with E-state index in [-0.39, 0.29) is 18.9 Å². The number of carbonyl (C=O) groups is 3. The Bertz CT molecular complexity index is 747. The number of alkyl carbamates (subject to hydrolysis) is 1. The number of nitrogens with one attached hydrogen (secondary N) is 2. The van der Waals surface area contributed by atoms with Crippen molar-refractivity contribution in [2.45, 2.75) is 64.4 Å². The minimum absolute atomic E-state index is 0.0372. The van der Waals surface area contributed by atoms with Crippen LogP contribution in [0.3, 0.4) is 0 Å². The van der Waals surface area contributed by atoms with Gasteiger partial charge in [0.05, 0.1) is 6.10 Å². The van der Waals surface area contributed by atoms with Crippen LogP contribution in [0.4, 0.5) is 4.79 Å². The van der Waals surface area contributed by atoms with Gasteiger partial charge in [0.2, 0.25) is 11.8 Å². The summed E-state index contributed by atoms with van der Waals surface area (Å²) < 4.78 is 6.10. The van der Waals surface area contributed by atoms with Crippen LogP contribution in [0.1, 0.15) is 39.7 Å². The highest BCUT2D eigenvalue weighted by Gasteiger charge is 2.40. The van der Waals surface area contributed by atoms with Crippen molar-refractivity contribution in [3.63, 3.8) is 0 Å². The number of likely N-dealkylation sites (tertiary alicyclic amines) is 1. The number of carbonyl (C=O) groups excluding carboxylic acids is 3. The number of halogens is 1. The summed E-state index contributed by atoms with van der Waals surface area (Å²) >= 11 is 3.36.